The van der Waals surface area contributed by atoms with E-state index in [-0.39, 0.29) is 23.1 Å². The van der Waals surface area contributed by atoms with E-state index in [0.717, 1.165) is 33.3 Å². The number of furan rings is 1. The van der Waals surface area contributed by atoms with Crippen LogP contribution < -0.4 is 20.6 Å². The normalized spacial score (nSPS) is 13.8. The van der Waals surface area contributed by atoms with Crippen LogP contribution in [-0.4, -0.2) is 6.85 Å². The summed E-state index contributed by atoms with van der Waals surface area (Å²) in [5, 5.41) is 4.74. The van der Waals surface area contributed by atoms with Crippen LogP contribution in [0.4, 0.5) is 28.4 Å². The minimum Gasteiger partial charge on any atom is -0.456 e. The minimum atomic E-state index is -0.161. The Labute approximate surface area is 366 Å². The lowest BCUT2D eigenvalue weighted by Gasteiger charge is -2.46. The highest BCUT2D eigenvalue weighted by Gasteiger charge is 2.47. The number of nitrogens with zero attached hydrogens (tertiary/aromatic N) is 2. The van der Waals surface area contributed by atoms with Gasteiger partial charge in [-0.2, -0.15) is 0 Å². The van der Waals surface area contributed by atoms with Gasteiger partial charge in [0.05, 0.1) is 5.69 Å². The molecule has 9 aromatic rings. The van der Waals surface area contributed by atoms with Crippen molar-refractivity contribution < 1.29 is 4.42 Å². The number of benzene rings is 8. The summed E-state index contributed by atoms with van der Waals surface area (Å²) >= 11 is 0. The molecule has 3 nitrogen and oxygen atoms in total. The van der Waals surface area contributed by atoms with E-state index in [1.165, 1.54) is 77.7 Å². The van der Waals surface area contributed by atoms with Crippen LogP contribution >= 0.6 is 0 Å². The number of hydrogen-bond donors (Lipinski definition) is 0. The van der Waals surface area contributed by atoms with Crippen LogP contribution in [0.5, 0.6) is 0 Å². The van der Waals surface area contributed by atoms with Crippen LogP contribution in [0.3, 0.4) is 0 Å². The van der Waals surface area contributed by atoms with Gasteiger partial charge in [0.15, 0.2) is 0 Å². The number of anilines is 5. The largest absolute Gasteiger partial charge is 0.456 e. The molecule has 0 amide bonds. The van der Waals surface area contributed by atoms with Gasteiger partial charge in [-0.3, -0.25) is 0 Å². The summed E-state index contributed by atoms with van der Waals surface area (Å²) in [7, 11) is 0. The molecule has 0 bridgehead atoms. The first kappa shape index (κ1) is 38.4. The van der Waals surface area contributed by atoms with Gasteiger partial charge in [-0.1, -0.05) is 165 Å². The summed E-state index contributed by atoms with van der Waals surface area (Å²) in [5.74, 6) is 0. The second-order valence-corrected chi connectivity index (χ2v) is 20.6. The zero-order valence-corrected chi connectivity index (χ0v) is 37.4. The predicted molar refractivity (Wildman–Crippen MR) is 266 cm³/mol. The summed E-state index contributed by atoms with van der Waals surface area (Å²) in [6.45, 7) is 20.6. The number of para-hydroxylation sites is 1. The van der Waals surface area contributed by atoms with E-state index in [1.54, 1.807) is 0 Å². The molecule has 0 atom stereocenters. The van der Waals surface area contributed by atoms with Crippen molar-refractivity contribution in [3.8, 4) is 22.3 Å². The van der Waals surface area contributed by atoms with Crippen molar-refractivity contribution in [1.29, 1.82) is 0 Å². The summed E-state index contributed by atoms with van der Waals surface area (Å²) < 4.78 is 6.80. The third-order valence-electron chi connectivity index (χ3n) is 13.5. The molecule has 0 aliphatic carbocycles. The Bertz CT molecular complexity index is 3250. The topological polar surface area (TPSA) is 19.6 Å². The Balaban J connectivity index is 1.31. The lowest BCUT2D eigenvalue weighted by atomic mass is 9.43. The predicted octanol–water partition coefficient (Wildman–Crippen LogP) is 15.0. The first-order chi connectivity index (χ1) is 29.6. The molecule has 62 heavy (non-hydrogen) atoms. The third-order valence-corrected chi connectivity index (χ3v) is 13.5. The second-order valence-electron chi connectivity index (χ2n) is 20.6. The molecule has 0 saturated heterocycles. The molecule has 4 heteroatoms. The molecule has 8 aromatic carbocycles. The summed E-state index contributed by atoms with van der Waals surface area (Å²) in [6, 6.07) is 59.5. The van der Waals surface area contributed by atoms with E-state index in [2.05, 4.69) is 230 Å². The molecular formula is C58H53BN2O. The molecular weight excluding hydrogens is 751 g/mol. The van der Waals surface area contributed by atoms with Gasteiger partial charge in [-0.25, -0.2) is 0 Å². The molecule has 1 aromatic heterocycles. The van der Waals surface area contributed by atoms with Crippen LogP contribution in [0.15, 0.2) is 162 Å². The molecule has 0 fully saturated rings. The molecule has 0 unspecified atom stereocenters. The van der Waals surface area contributed by atoms with Gasteiger partial charge in [0.2, 0.25) is 0 Å². The first-order valence-electron chi connectivity index (χ1n) is 22.2. The molecule has 0 spiro atoms. The van der Waals surface area contributed by atoms with Gasteiger partial charge >= 0.3 is 6.85 Å². The lowest BCUT2D eigenvalue weighted by Crippen LogP contribution is -2.61. The van der Waals surface area contributed by atoms with Crippen LogP contribution in [0.2, 0.25) is 0 Å². The Morgan fingerprint density at radius 3 is 1.79 bits per heavy atom. The molecule has 2 aliphatic rings. The van der Waals surface area contributed by atoms with E-state index >= 15 is 0 Å². The Hall–Kier alpha value is -6.52. The van der Waals surface area contributed by atoms with E-state index in [0.29, 0.717) is 0 Å². The Morgan fingerprint density at radius 2 is 1.06 bits per heavy atom. The van der Waals surface area contributed by atoms with E-state index in [4.69, 9.17) is 4.42 Å². The first-order valence-corrected chi connectivity index (χ1v) is 22.2. The molecule has 0 radical (unpaired) electrons. The van der Waals surface area contributed by atoms with Crippen molar-refractivity contribution >= 4 is 78.9 Å². The molecule has 0 saturated carbocycles. The van der Waals surface area contributed by atoms with E-state index in [1.807, 2.05) is 0 Å². The SMILES string of the molecule is CC(C)(C)c1ccc(N2B3c4cc5oc6ccccc6c5cc4N(c4ccc(C(C)(C)C)cc4-c4ccccc4)c4cc5ccccc5c(c43)-c3ccc(C(C)(C)C)cc32)cc1. The number of fused-ring (bicyclic) bond motifs is 9. The summed E-state index contributed by atoms with van der Waals surface area (Å²) in [4.78, 5) is 5.23. The average molecular weight is 805 g/mol. The fourth-order valence-corrected chi connectivity index (χ4v) is 10.1. The summed E-state index contributed by atoms with van der Waals surface area (Å²) in [5.41, 5.74) is 19.1. The van der Waals surface area contributed by atoms with Gasteiger partial charge in [-0.05, 0) is 120 Å². The second kappa shape index (κ2) is 13.5. The third kappa shape index (κ3) is 5.94. The van der Waals surface area contributed by atoms with E-state index in [9.17, 15) is 0 Å². The average Bonchev–Trinajstić information content (AvgIpc) is 3.62. The van der Waals surface area contributed by atoms with Gasteiger partial charge in [-0.15, -0.1) is 0 Å². The lowest BCUT2D eigenvalue weighted by molar-refractivity contribution is 0.590. The molecule has 3 heterocycles. The van der Waals surface area contributed by atoms with Gasteiger partial charge < -0.3 is 14.1 Å². The maximum absolute atomic E-state index is 6.80. The number of rotatable bonds is 3. The van der Waals surface area contributed by atoms with Crippen molar-refractivity contribution in [3.05, 3.63) is 174 Å². The van der Waals surface area contributed by atoms with Crippen LogP contribution in [-0.2, 0) is 16.2 Å². The molecule has 304 valence electrons. The standard InChI is InChI=1S/C58H53BN2O/c1-56(2,3)38-23-27-41(28-24-38)61-49-33-40(58(7,8)9)25-29-44(49)54-42-20-14-13-19-37(42)31-51-55(54)59(61)47-35-53-46(43-21-15-16-22-52(43)62-53)34-50(47)60(51)48-30-26-39(57(4,5)6)32-45(48)36-17-11-10-12-18-36/h10-35H,1-9H3. The van der Waals surface area contributed by atoms with Crippen molar-refractivity contribution in [1.82, 2.24) is 0 Å². The van der Waals surface area contributed by atoms with Crippen LogP contribution in [0.25, 0.3) is 55.0 Å². The molecule has 0 N–H and O–H groups in total. The Morgan fingerprint density at radius 1 is 0.435 bits per heavy atom. The smallest absolute Gasteiger partial charge is 0.333 e. The van der Waals surface area contributed by atoms with Crippen molar-refractivity contribution in [2.75, 3.05) is 9.71 Å². The van der Waals surface area contributed by atoms with Crippen molar-refractivity contribution in [2.45, 2.75) is 78.6 Å². The highest BCUT2D eigenvalue weighted by molar-refractivity contribution is 6.94. The van der Waals surface area contributed by atoms with Gasteiger partial charge in [0.25, 0.3) is 0 Å². The minimum absolute atomic E-state index is 0.0280. The highest BCUT2D eigenvalue weighted by Crippen LogP contribution is 2.52. The zero-order chi connectivity index (χ0) is 42.9. The Kier molecular flexibility index (Phi) is 8.36. The van der Waals surface area contributed by atoms with Gasteiger partial charge in [0, 0.05) is 44.6 Å². The number of hydrogen-bond acceptors (Lipinski definition) is 3. The highest BCUT2D eigenvalue weighted by atomic mass is 16.3. The van der Waals surface area contributed by atoms with Crippen LogP contribution in [0, 0.1) is 0 Å². The fourth-order valence-electron chi connectivity index (χ4n) is 10.1. The van der Waals surface area contributed by atoms with Crippen LogP contribution in [0.1, 0.15) is 79.0 Å². The van der Waals surface area contributed by atoms with Gasteiger partial charge in [0.1, 0.15) is 11.2 Å². The van der Waals surface area contributed by atoms with Crippen molar-refractivity contribution in [2.24, 2.45) is 0 Å². The monoisotopic (exact) mass is 804 g/mol. The fraction of sp³-hybridized carbons (Fsp3) is 0.207. The summed E-state index contributed by atoms with van der Waals surface area (Å²) in [6.07, 6.45) is 0. The van der Waals surface area contributed by atoms with Crippen molar-refractivity contribution in [3.63, 3.8) is 0 Å². The quantitative estimate of drug-likeness (QED) is 0.166. The maximum atomic E-state index is 6.80. The molecule has 11 rings (SSSR count). The maximum Gasteiger partial charge on any atom is 0.333 e. The molecule has 2 aliphatic heterocycles. The zero-order valence-electron chi connectivity index (χ0n) is 37.4. The van der Waals surface area contributed by atoms with E-state index < -0.39 is 0 Å².